The van der Waals surface area contributed by atoms with Gasteiger partial charge in [-0.05, 0) is 51.4 Å². The fourth-order valence-corrected chi connectivity index (χ4v) is 5.60. The van der Waals surface area contributed by atoms with E-state index in [0.29, 0.717) is 25.6 Å². The summed E-state index contributed by atoms with van der Waals surface area (Å²) < 4.78 is 12.3. The average molecular weight is 570 g/mol. The Kier molecular flexibility index (Phi) is 24.9. The number of nitrogens with one attached hydrogen (secondary N) is 1. The lowest BCUT2D eigenvalue weighted by Crippen LogP contribution is -2.55. The van der Waals surface area contributed by atoms with E-state index in [9.17, 15) is 10.2 Å². The average Bonchev–Trinajstić information content (AvgIpc) is 2.90. The highest BCUT2D eigenvalue weighted by Gasteiger charge is 2.37. The van der Waals surface area contributed by atoms with Crippen LogP contribution < -0.4 is 5.32 Å². The maximum absolute atomic E-state index is 10.7. The van der Waals surface area contributed by atoms with Crippen molar-refractivity contribution in [2.75, 3.05) is 13.2 Å². The Morgan fingerprint density at radius 1 is 0.850 bits per heavy atom. The van der Waals surface area contributed by atoms with Crippen molar-refractivity contribution in [3.8, 4) is 0 Å². The minimum absolute atomic E-state index is 0.0745. The third-order valence-electron chi connectivity index (χ3n) is 7.66. The van der Waals surface area contributed by atoms with Gasteiger partial charge in [0.25, 0.3) is 0 Å². The van der Waals surface area contributed by atoms with E-state index in [1.54, 1.807) is 0 Å². The molecule has 4 N–H and O–H groups in total. The smallest absolute Gasteiger partial charge is 0.105 e. The molecule has 0 radical (unpaired) electrons. The summed E-state index contributed by atoms with van der Waals surface area (Å²) >= 11 is 0. The van der Waals surface area contributed by atoms with Gasteiger partial charge in [0.15, 0.2) is 0 Å². The first-order valence-corrected chi connectivity index (χ1v) is 16.6. The summed E-state index contributed by atoms with van der Waals surface area (Å²) in [7, 11) is 0. The molecule has 0 amide bonds. The maximum atomic E-state index is 10.7. The number of aliphatic hydroxyl groups excluding tert-OH is 3. The van der Waals surface area contributed by atoms with Gasteiger partial charge >= 0.3 is 0 Å². The van der Waals surface area contributed by atoms with Crippen LogP contribution in [0.4, 0.5) is 0 Å². The lowest BCUT2D eigenvalue weighted by atomic mass is 9.82. The van der Waals surface area contributed by atoms with Crippen molar-refractivity contribution in [1.29, 1.82) is 0 Å². The highest BCUT2D eigenvalue weighted by atomic mass is 16.5. The summed E-state index contributed by atoms with van der Waals surface area (Å²) in [6.45, 7) is 19.5. The largest absolute Gasteiger partial charge is 0.513 e. The van der Waals surface area contributed by atoms with Gasteiger partial charge in [-0.2, -0.15) is 0 Å². The van der Waals surface area contributed by atoms with Crippen molar-refractivity contribution in [1.82, 2.24) is 5.32 Å². The van der Waals surface area contributed by atoms with Crippen molar-refractivity contribution in [2.24, 2.45) is 5.92 Å². The summed E-state index contributed by atoms with van der Waals surface area (Å²) in [4.78, 5) is 0. The summed E-state index contributed by atoms with van der Waals surface area (Å²) in [6.07, 6.45) is 17.4. The number of rotatable bonds is 23. The van der Waals surface area contributed by atoms with Gasteiger partial charge in [0, 0.05) is 38.1 Å². The van der Waals surface area contributed by atoms with Crippen LogP contribution in [0.15, 0.2) is 24.7 Å². The Morgan fingerprint density at radius 2 is 1.43 bits per heavy atom. The van der Waals surface area contributed by atoms with Crippen molar-refractivity contribution in [3.05, 3.63) is 24.7 Å². The van der Waals surface area contributed by atoms with E-state index in [1.165, 1.54) is 57.8 Å². The first-order chi connectivity index (χ1) is 19.2. The number of unbranched alkanes of at least 4 members (excludes halogenated alkanes) is 8. The van der Waals surface area contributed by atoms with Crippen molar-refractivity contribution in [2.45, 2.75) is 174 Å². The van der Waals surface area contributed by atoms with Crippen LogP contribution in [-0.2, 0) is 9.47 Å². The maximum Gasteiger partial charge on any atom is 0.105 e. The molecule has 0 aliphatic heterocycles. The molecule has 6 atom stereocenters. The Labute approximate surface area is 248 Å². The molecule has 6 heteroatoms. The Bertz CT molecular complexity index is 611. The molecule has 1 aliphatic carbocycles. The fraction of sp³-hybridized carbons (Fsp3) is 0.882. The number of hydrogen-bond donors (Lipinski definition) is 4. The number of aliphatic hydroxyl groups is 3. The molecule has 0 saturated heterocycles. The SMILES string of the molecule is C=C(O)CC(CCCCCCC)OC(=C)CC(CCCCCCC)NC1CC(C)C[C@@H](O)C1OCC.CCCO. The van der Waals surface area contributed by atoms with Gasteiger partial charge in [-0.25, -0.2) is 0 Å². The molecule has 0 aromatic rings. The van der Waals surface area contributed by atoms with Crippen molar-refractivity contribution >= 4 is 0 Å². The molecule has 1 saturated carbocycles. The van der Waals surface area contributed by atoms with Crippen LogP contribution in [-0.4, -0.2) is 58.9 Å². The Hall–Kier alpha value is -1.08. The lowest BCUT2D eigenvalue weighted by Gasteiger charge is -2.40. The molecule has 0 heterocycles. The highest BCUT2D eigenvalue weighted by molar-refractivity contribution is 4.96. The van der Waals surface area contributed by atoms with Gasteiger partial charge in [0.05, 0.1) is 23.7 Å². The molecule has 1 aliphatic rings. The van der Waals surface area contributed by atoms with E-state index in [0.717, 1.165) is 50.7 Å². The van der Waals surface area contributed by atoms with Gasteiger partial charge in [0.1, 0.15) is 6.10 Å². The topological polar surface area (TPSA) is 91.2 Å². The molecule has 5 unspecified atom stereocenters. The predicted molar refractivity (Wildman–Crippen MR) is 170 cm³/mol. The van der Waals surface area contributed by atoms with E-state index >= 15 is 0 Å². The molecule has 6 nitrogen and oxygen atoms in total. The Morgan fingerprint density at radius 3 is 1.95 bits per heavy atom. The summed E-state index contributed by atoms with van der Waals surface area (Å²) in [5.74, 6) is 1.42. The van der Waals surface area contributed by atoms with E-state index < -0.39 is 6.10 Å². The predicted octanol–water partition coefficient (Wildman–Crippen LogP) is 8.37. The lowest BCUT2D eigenvalue weighted by molar-refractivity contribution is -0.0846. The van der Waals surface area contributed by atoms with Gasteiger partial charge in [-0.15, -0.1) is 0 Å². The van der Waals surface area contributed by atoms with Gasteiger partial charge < -0.3 is 30.1 Å². The van der Waals surface area contributed by atoms with Crippen LogP contribution in [0.1, 0.15) is 144 Å². The molecular weight excluding hydrogens is 502 g/mol. The van der Waals surface area contributed by atoms with Crippen LogP contribution in [0.25, 0.3) is 0 Å². The normalized spacial score (nSPS) is 22.2. The van der Waals surface area contributed by atoms with Crippen LogP contribution in [0.5, 0.6) is 0 Å². The molecular formula is C34H67NO5. The minimum atomic E-state index is -0.427. The number of ether oxygens (including phenoxy) is 2. The van der Waals surface area contributed by atoms with Gasteiger partial charge in [0.2, 0.25) is 0 Å². The van der Waals surface area contributed by atoms with E-state index in [4.69, 9.17) is 14.6 Å². The summed E-state index contributed by atoms with van der Waals surface area (Å²) in [5.41, 5.74) is 0. The monoisotopic (exact) mass is 570 g/mol. The highest BCUT2D eigenvalue weighted by Crippen LogP contribution is 2.29. The van der Waals surface area contributed by atoms with Crippen molar-refractivity contribution in [3.63, 3.8) is 0 Å². The molecule has 0 bridgehead atoms. The molecule has 0 aromatic heterocycles. The van der Waals surface area contributed by atoms with Crippen LogP contribution in [0.2, 0.25) is 0 Å². The van der Waals surface area contributed by atoms with Crippen molar-refractivity contribution < 1.29 is 24.8 Å². The standard InChI is InChI=1S/C31H59NO4.C3H8O/c1-7-10-12-14-16-18-27(32-29-20-24(4)21-30(34)31(29)35-9-3)23-26(6)36-28(22-25(5)33)19-17-15-13-11-8-2;1-2-3-4/h24,27-34H,5-23H2,1-4H3;4H,2-3H2,1H3/t24?,27?,28?,29?,30-,31?;/m1./s1. The second kappa shape index (κ2) is 25.6. The minimum Gasteiger partial charge on any atom is -0.513 e. The zero-order valence-electron chi connectivity index (χ0n) is 27.0. The van der Waals surface area contributed by atoms with E-state index in [1.807, 2.05) is 13.8 Å². The first kappa shape index (κ1) is 38.9. The molecule has 1 fully saturated rings. The van der Waals surface area contributed by atoms with Crippen LogP contribution in [0, 0.1) is 5.92 Å². The molecule has 1 rings (SSSR count). The van der Waals surface area contributed by atoms with Crippen LogP contribution in [0.3, 0.4) is 0 Å². The van der Waals surface area contributed by atoms with Gasteiger partial charge in [-0.1, -0.05) is 98.6 Å². The zero-order valence-corrected chi connectivity index (χ0v) is 27.0. The summed E-state index contributed by atoms with van der Waals surface area (Å²) in [6, 6.07) is 0.357. The summed E-state index contributed by atoms with van der Waals surface area (Å²) in [5, 5.41) is 32.3. The second-order valence-corrected chi connectivity index (χ2v) is 11.9. The van der Waals surface area contributed by atoms with E-state index in [-0.39, 0.29) is 30.1 Å². The zero-order chi connectivity index (χ0) is 30.2. The number of hydrogen-bond acceptors (Lipinski definition) is 6. The van der Waals surface area contributed by atoms with Gasteiger partial charge in [-0.3, -0.25) is 0 Å². The van der Waals surface area contributed by atoms with Crippen LogP contribution >= 0.6 is 0 Å². The fourth-order valence-electron chi connectivity index (χ4n) is 5.60. The molecule has 40 heavy (non-hydrogen) atoms. The third kappa shape index (κ3) is 19.9. The quantitative estimate of drug-likeness (QED) is 0.0730. The molecule has 238 valence electrons. The Balaban J connectivity index is 0.00000354. The second-order valence-electron chi connectivity index (χ2n) is 11.9. The van der Waals surface area contributed by atoms with E-state index in [2.05, 4.69) is 39.2 Å². The molecule has 0 aromatic carbocycles. The molecule has 0 spiro atoms. The first-order valence-electron chi connectivity index (χ1n) is 16.6. The third-order valence-corrected chi connectivity index (χ3v) is 7.66.